The Balaban J connectivity index is 1.67. The van der Waals surface area contributed by atoms with Crippen molar-refractivity contribution in [2.75, 3.05) is 0 Å². The van der Waals surface area contributed by atoms with Gasteiger partial charge in [0.15, 0.2) is 0 Å². The van der Waals surface area contributed by atoms with Gasteiger partial charge < -0.3 is 4.42 Å². The fraction of sp³-hybridized carbons (Fsp3) is 0. The summed E-state index contributed by atoms with van der Waals surface area (Å²) >= 11 is 6.11. The molecule has 0 saturated carbocycles. The molecule has 142 valence electrons. The van der Waals surface area contributed by atoms with Gasteiger partial charge in [0.05, 0.1) is 0 Å². The largest absolute Gasteiger partial charge is 0.456 e. The average Bonchev–Trinajstić information content (AvgIpc) is 3.18. The lowest BCUT2D eigenvalue weighted by Gasteiger charge is -2.13. The Labute approximate surface area is 179 Å². The van der Waals surface area contributed by atoms with Gasteiger partial charge in [-0.15, -0.1) is 0 Å². The maximum atomic E-state index is 6.12. The Hall–Kier alpha value is -3.55. The van der Waals surface area contributed by atoms with Gasteiger partial charge in [0.25, 0.3) is 0 Å². The first kappa shape index (κ1) is 17.3. The molecule has 0 fully saturated rings. The van der Waals surface area contributed by atoms with E-state index in [4.69, 9.17) is 16.0 Å². The maximum absolute atomic E-state index is 6.12. The molecule has 0 unspecified atom stereocenters. The van der Waals surface area contributed by atoms with E-state index in [9.17, 15) is 0 Å². The number of halogens is 1. The van der Waals surface area contributed by atoms with Gasteiger partial charge in [-0.1, -0.05) is 90.5 Å². The first-order valence-electron chi connectivity index (χ1n) is 9.98. The highest BCUT2D eigenvalue weighted by atomic mass is 35.5. The van der Waals surface area contributed by atoms with Crippen LogP contribution in [0.2, 0.25) is 5.02 Å². The molecule has 0 bridgehead atoms. The normalized spacial score (nSPS) is 11.5. The number of furan rings is 1. The van der Waals surface area contributed by atoms with E-state index in [1.54, 1.807) is 0 Å². The van der Waals surface area contributed by atoms with Gasteiger partial charge in [-0.2, -0.15) is 0 Å². The lowest BCUT2D eigenvalue weighted by atomic mass is 9.90. The van der Waals surface area contributed by atoms with Crippen molar-refractivity contribution in [2.24, 2.45) is 0 Å². The quantitative estimate of drug-likeness (QED) is 0.281. The third-order valence-electron chi connectivity index (χ3n) is 5.77. The molecule has 5 aromatic carbocycles. The van der Waals surface area contributed by atoms with E-state index in [0.29, 0.717) is 0 Å². The van der Waals surface area contributed by atoms with Gasteiger partial charge >= 0.3 is 0 Å². The highest BCUT2D eigenvalue weighted by Gasteiger charge is 2.15. The summed E-state index contributed by atoms with van der Waals surface area (Å²) in [6.45, 7) is 0. The summed E-state index contributed by atoms with van der Waals surface area (Å²) < 4.78 is 6.12. The van der Waals surface area contributed by atoms with E-state index in [2.05, 4.69) is 72.8 Å². The second-order valence-corrected chi connectivity index (χ2v) is 7.93. The summed E-state index contributed by atoms with van der Waals surface area (Å²) in [6.07, 6.45) is 0. The molecule has 1 heterocycles. The predicted octanol–water partition coefficient (Wildman–Crippen LogP) is 8.73. The Morgan fingerprint density at radius 1 is 0.467 bits per heavy atom. The lowest BCUT2D eigenvalue weighted by Crippen LogP contribution is -1.87. The first-order valence-corrected chi connectivity index (χ1v) is 10.4. The molecule has 0 amide bonds. The molecular formula is C28H17ClO. The Morgan fingerprint density at radius 3 is 1.90 bits per heavy atom. The molecule has 0 N–H and O–H groups in total. The van der Waals surface area contributed by atoms with Gasteiger partial charge in [-0.25, -0.2) is 0 Å². The summed E-state index contributed by atoms with van der Waals surface area (Å²) in [5.74, 6) is 0. The van der Waals surface area contributed by atoms with Crippen molar-refractivity contribution < 1.29 is 4.42 Å². The van der Waals surface area contributed by atoms with Crippen LogP contribution < -0.4 is 0 Å². The van der Waals surface area contributed by atoms with Crippen molar-refractivity contribution in [1.29, 1.82) is 0 Å². The number of hydrogen-bond acceptors (Lipinski definition) is 1. The van der Waals surface area contributed by atoms with Gasteiger partial charge in [-0.05, 0) is 57.3 Å². The second kappa shape index (κ2) is 6.76. The molecule has 2 heteroatoms. The van der Waals surface area contributed by atoms with E-state index >= 15 is 0 Å². The van der Waals surface area contributed by atoms with Crippen LogP contribution in [0.25, 0.3) is 55.0 Å². The minimum Gasteiger partial charge on any atom is -0.456 e. The van der Waals surface area contributed by atoms with Crippen molar-refractivity contribution in [1.82, 2.24) is 0 Å². The van der Waals surface area contributed by atoms with Crippen LogP contribution in [0.5, 0.6) is 0 Å². The highest BCUT2D eigenvalue weighted by Crippen LogP contribution is 2.41. The zero-order valence-electron chi connectivity index (χ0n) is 16.1. The smallest absolute Gasteiger partial charge is 0.136 e. The summed E-state index contributed by atoms with van der Waals surface area (Å²) in [6, 6.07) is 35.6. The van der Waals surface area contributed by atoms with Crippen LogP contribution in [-0.4, -0.2) is 0 Å². The van der Waals surface area contributed by atoms with E-state index in [1.807, 2.05) is 30.3 Å². The molecule has 0 aliphatic carbocycles. The highest BCUT2D eigenvalue weighted by molar-refractivity contribution is 6.30. The van der Waals surface area contributed by atoms with Crippen LogP contribution in [-0.2, 0) is 0 Å². The van der Waals surface area contributed by atoms with Crippen molar-refractivity contribution in [2.45, 2.75) is 0 Å². The molecule has 0 saturated heterocycles. The van der Waals surface area contributed by atoms with Gasteiger partial charge in [0, 0.05) is 15.8 Å². The Bertz CT molecular complexity index is 1540. The average molecular weight is 405 g/mol. The monoisotopic (exact) mass is 404 g/mol. The summed E-state index contributed by atoms with van der Waals surface area (Å²) in [5, 5.41) is 5.51. The van der Waals surface area contributed by atoms with Crippen molar-refractivity contribution >= 4 is 44.3 Å². The Morgan fingerprint density at radius 2 is 1.10 bits per heavy atom. The molecule has 1 nitrogen and oxygen atoms in total. The topological polar surface area (TPSA) is 13.1 Å². The third-order valence-corrected chi connectivity index (χ3v) is 6.02. The minimum absolute atomic E-state index is 0.748. The minimum atomic E-state index is 0.748. The second-order valence-electron chi connectivity index (χ2n) is 7.49. The van der Waals surface area contributed by atoms with Crippen molar-refractivity contribution in [3.63, 3.8) is 0 Å². The van der Waals surface area contributed by atoms with E-state index < -0.39 is 0 Å². The van der Waals surface area contributed by atoms with Crippen LogP contribution in [0, 0.1) is 0 Å². The fourth-order valence-electron chi connectivity index (χ4n) is 4.41. The maximum Gasteiger partial charge on any atom is 0.136 e. The van der Waals surface area contributed by atoms with E-state index in [0.717, 1.165) is 32.5 Å². The van der Waals surface area contributed by atoms with Crippen LogP contribution in [0.15, 0.2) is 108 Å². The first-order chi connectivity index (χ1) is 14.8. The van der Waals surface area contributed by atoms with Crippen LogP contribution in [0.1, 0.15) is 0 Å². The number of fused-ring (bicyclic) bond motifs is 4. The van der Waals surface area contributed by atoms with E-state index in [1.165, 1.54) is 27.5 Å². The molecule has 6 rings (SSSR count). The summed E-state index contributed by atoms with van der Waals surface area (Å²) in [5.41, 5.74) is 6.60. The molecular weight excluding hydrogens is 388 g/mol. The molecule has 6 aromatic rings. The van der Waals surface area contributed by atoms with Crippen LogP contribution >= 0.6 is 11.6 Å². The van der Waals surface area contributed by atoms with Crippen LogP contribution in [0.4, 0.5) is 0 Å². The predicted molar refractivity (Wildman–Crippen MR) is 127 cm³/mol. The Kier molecular flexibility index (Phi) is 3.90. The van der Waals surface area contributed by atoms with Gasteiger partial charge in [-0.3, -0.25) is 0 Å². The molecule has 0 aliphatic heterocycles. The summed E-state index contributed by atoms with van der Waals surface area (Å²) in [7, 11) is 0. The van der Waals surface area contributed by atoms with Gasteiger partial charge in [0.2, 0.25) is 0 Å². The number of rotatable bonds is 2. The number of benzene rings is 5. The molecule has 1 aromatic heterocycles. The molecule has 0 aliphatic rings. The molecule has 0 atom stereocenters. The number of para-hydroxylation sites is 1. The molecule has 30 heavy (non-hydrogen) atoms. The summed E-state index contributed by atoms with van der Waals surface area (Å²) in [4.78, 5) is 0. The molecule has 0 spiro atoms. The van der Waals surface area contributed by atoms with Crippen LogP contribution in [0.3, 0.4) is 0 Å². The zero-order valence-corrected chi connectivity index (χ0v) is 16.9. The number of hydrogen-bond donors (Lipinski definition) is 0. The van der Waals surface area contributed by atoms with Gasteiger partial charge in [0.1, 0.15) is 11.2 Å². The fourth-order valence-corrected chi connectivity index (χ4v) is 4.54. The zero-order chi connectivity index (χ0) is 20.1. The SMILES string of the molecule is Clc1ccc(-c2ccc(-c3cccc4oc5ccccc5c34)c3ccccc23)cc1. The lowest BCUT2D eigenvalue weighted by molar-refractivity contribution is 0.669. The molecule has 0 radical (unpaired) electrons. The van der Waals surface area contributed by atoms with Crippen molar-refractivity contribution in [3.8, 4) is 22.3 Å². The third kappa shape index (κ3) is 2.63. The van der Waals surface area contributed by atoms with E-state index in [-0.39, 0.29) is 0 Å². The van der Waals surface area contributed by atoms with Crippen molar-refractivity contribution in [3.05, 3.63) is 108 Å². The standard InChI is InChI=1S/C28H17ClO/c29-19-14-12-18(13-15-19)20-16-17-23(22-7-2-1-6-21(20)22)24-9-5-11-27-28(24)25-8-3-4-10-26(25)30-27/h1-17H.